The molecule has 2 rings (SSSR count). The van der Waals surface area contributed by atoms with E-state index < -0.39 is 0 Å². The van der Waals surface area contributed by atoms with E-state index in [0.29, 0.717) is 6.54 Å². The Morgan fingerprint density at radius 3 is 2.56 bits per heavy atom. The predicted molar refractivity (Wildman–Crippen MR) is 64.0 cm³/mol. The molecule has 16 heavy (non-hydrogen) atoms. The number of amides is 1. The smallest absolute Gasteiger partial charge is 0.227 e. The van der Waals surface area contributed by atoms with Crippen molar-refractivity contribution in [2.24, 2.45) is 5.73 Å². The molecular weight excluding hydrogens is 200 g/mol. The highest BCUT2D eigenvalue weighted by molar-refractivity contribution is 5.84. The highest BCUT2D eigenvalue weighted by atomic mass is 16.2. The number of hydrogen-bond acceptors (Lipinski definition) is 2. The molecule has 1 saturated carbocycles. The van der Waals surface area contributed by atoms with Crippen LogP contribution in [0.4, 0.5) is 0 Å². The molecule has 1 aliphatic rings. The molecule has 1 fully saturated rings. The third-order valence-electron chi connectivity index (χ3n) is 3.33. The Hall–Kier alpha value is -1.35. The van der Waals surface area contributed by atoms with E-state index >= 15 is 0 Å². The van der Waals surface area contributed by atoms with Crippen LogP contribution in [-0.4, -0.2) is 18.0 Å². The van der Waals surface area contributed by atoms with Crippen LogP contribution < -0.4 is 11.1 Å². The van der Waals surface area contributed by atoms with Gasteiger partial charge in [0.15, 0.2) is 0 Å². The van der Waals surface area contributed by atoms with Crippen molar-refractivity contribution < 1.29 is 4.79 Å². The van der Waals surface area contributed by atoms with E-state index in [2.05, 4.69) is 5.32 Å². The highest BCUT2D eigenvalue weighted by Crippen LogP contribution is 2.34. The second-order valence-corrected chi connectivity index (χ2v) is 4.61. The summed E-state index contributed by atoms with van der Waals surface area (Å²) in [7, 11) is 0. The molecule has 1 atom stereocenters. The number of rotatable bonds is 4. The number of carbonyl (C=O) groups excluding carboxylic acids is 1. The maximum Gasteiger partial charge on any atom is 0.227 e. The van der Waals surface area contributed by atoms with Gasteiger partial charge in [0.1, 0.15) is 0 Å². The van der Waals surface area contributed by atoms with Crippen molar-refractivity contribution in [1.82, 2.24) is 5.32 Å². The Balaban J connectivity index is 2.00. The van der Waals surface area contributed by atoms with Crippen molar-refractivity contribution in [1.29, 1.82) is 0 Å². The van der Waals surface area contributed by atoms with E-state index in [0.717, 1.165) is 18.4 Å². The van der Waals surface area contributed by atoms with Gasteiger partial charge >= 0.3 is 0 Å². The maximum atomic E-state index is 12.0. The fourth-order valence-corrected chi connectivity index (χ4v) is 1.79. The standard InChI is InChI=1S/C13H18N2O/c1-10(11-5-3-2-4-6-11)12(16)15-13(9-14)7-8-13/h2-6,10H,7-9,14H2,1H3,(H,15,16). The van der Waals surface area contributed by atoms with Crippen LogP contribution in [-0.2, 0) is 4.79 Å². The van der Waals surface area contributed by atoms with Gasteiger partial charge in [0.2, 0.25) is 5.91 Å². The minimum absolute atomic E-state index is 0.0779. The average molecular weight is 218 g/mol. The van der Waals surface area contributed by atoms with Crippen molar-refractivity contribution >= 4 is 5.91 Å². The molecule has 0 aliphatic heterocycles. The van der Waals surface area contributed by atoms with Crippen LogP contribution in [0.2, 0.25) is 0 Å². The van der Waals surface area contributed by atoms with Gasteiger partial charge in [-0.15, -0.1) is 0 Å². The van der Waals surface area contributed by atoms with Crippen LogP contribution in [0.25, 0.3) is 0 Å². The SMILES string of the molecule is CC(C(=O)NC1(CN)CC1)c1ccccc1. The van der Waals surface area contributed by atoms with Gasteiger partial charge in [-0.25, -0.2) is 0 Å². The third-order valence-corrected chi connectivity index (χ3v) is 3.33. The molecule has 0 saturated heterocycles. The molecule has 3 heteroatoms. The summed E-state index contributed by atoms with van der Waals surface area (Å²) in [6.07, 6.45) is 2.02. The monoisotopic (exact) mass is 218 g/mol. The summed E-state index contributed by atoms with van der Waals surface area (Å²) in [4.78, 5) is 12.0. The number of nitrogens with two attached hydrogens (primary N) is 1. The van der Waals surface area contributed by atoms with Gasteiger partial charge in [0.25, 0.3) is 0 Å². The van der Waals surface area contributed by atoms with E-state index in [-0.39, 0.29) is 17.4 Å². The van der Waals surface area contributed by atoms with Crippen LogP contribution in [0.5, 0.6) is 0 Å². The third kappa shape index (κ3) is 2.25. The molecule has 3 N–H and O–H groups in total. The molecule has 0 spiro atoms. The molecule has 1 unspecified atom stereocenters. The van der Waals surface area contributed by atoms with E-state index in [1.165, 1.54) is 0 Å². The number of benzene rings is 1. The van der Waals surface area contributed by atoms with E-state index in [4.69, 9.17) is 5.73 Å². The van der Waals surface area contributed by atoms with Crippen LogP contribution in [0.3, 0.4) is 0 Å². The molecule has 0 aromatic heterocycles. The van der Waals surface area contributed by atoms with Gasteiger partial charge < -0.3 is 11.1 Å². The Bertz CT molecular complexity index is 371. The average Bonchev–Trinajstić information content (AvgIpc) is 3.09. The summed E-state index contributed by atoms with van der Waals surface area (Å²) in [5.41, 5.74) is 6.59. The molecule has 1 aromatic carbocycles. The summed E-state index contributed by atoms with van der Waals surface area (Å²) in [6, 6.07) is 9.82. The first-order valence-corrected chi connectivity index (χ1v) is 5.74. The zero-order chi connectivity index (χ0) is 11.6. The first-order valence-electron chi connectivity index (χ1n) is 5.74. The first-order chi connectivity index (χ1) is 7.67. The van der Waals surface area contributed by atoms with Crippen LogP contribution in [0.1, 0.15) is 31.2 Å². The zero-order valence-electron chi connectivity index (χ0n) is 9.57. The highest BCUT2D eigenvalue weighted by Gasteiger charge is 2.43. The van der Waals surface area contributed by atoms with Crippen molar-refractivity contribution in [2.45, 2.75) is 31.2 Å². The molecule has 0 bridgehead atoms. The number of nitrogens with one attached hydrogen (secondary N) is 1. The lowest BCUT2D eigenvalue weighted by atomic mass is 10.00. The predicted octanol–water partition coefficient (Wildman–Crippen LogP) is 1.40. The topological polar surface area (TPSA) is 55.1 Å². The summed E-state index contributed by atoms with van der Waals surface area (Å²) in [5.74, 6) is -0.0284. The summed E-state index contributed by atoms with van der Waals surface area (Å²) >= 11 is 0. The van der Waals surface area contributed by atoms with Crippen molar-refractivity contribution in [3.8, 4) is 0 Å². The van der Waals surface area contributed by atoms with Crippen molar-refractivity contribution in [3.63, 3.8) is 0 Å². The molecule has 0 radical (unpaired) electrons. The van der Waals surface area contributed by atoms with E-state index in [9.17, 15) is 4.79 Å². The molecule has 0 heterocycles. The summed E-state index contributed by atoms with van der Waals surface area (Å²) in [5, 5.41) is 3.05. The second-order valence-electron chi connectivity index (χ2n) is 4.61. The minimum atomic E-state index is -0.106. The largest absolute Gasteiger partial charge is 0.349 e. The number of carbonyl (C=O) groups is 1. The Morgan fingerprint density at radius 2 is 2.06 bits per heavy atom. The fraction of sp³-hybridized carbons (Fsp3) is 0.462. The first kappa shape index (κ1) is 11.1. The molecule has 1 amide bonds. The number of hydrogen-bond donors (Lipinski definition) is 2. The van der Waals surface area contributed by atoms with Crippen LogP contribution >= 0.6 is 0 Å². The lowest BCUT2D eigenvalue weighted by Gasteiger charge is -2.18. The van der Waals surface area contributed by atoms with Gasteiger partial charge in [0.05, 0.1) is 11.5 Å². The quantitative estimate of drug-likeness (QED) is 0.802. The molecule has 86 valence electrons. The van der Waals surface area contributed by atoms with Crippen LogP contribution in [0, 0.1) is 0 Å². The normalized spacial score (nSPS) is 18.9. The molecule has 3 nitrogen and oxygen atoms in total. The summed E-state index contributed by atoms with van der Waals surface area (Å²) < 4.78 is 0. The lowest BCUT2D eigenvalue weighted by Crippen LogP contribution is -2.44. The zero-order valence-corrected chi connectivity index (χ0v) is 9.57. The Morgan fingerprint density at radius 1 is 1.44 bits per heavy atom. The van der Waals surface area contributed by atoms with Crippen molar-refractivity contribution in [3.05, 3.63) is 35.9 Å². The van der Waals surface area contributed by atoms with Gasteiger partial charge in [-0.1, -0.05) is 30.3 Å². The molecular formula is C13H18N2O. The Labute approximate surface area is 96.0 Å². The Kier molecular flexibility index (Phi) is 2.97. The van der Waals surface area contributed by atoms with Gasteiger partial charge in [0, 0.05) is 6.54 Å². The van der Waals surface area contributed by atoms with Crippen LogP contribution in [0.15, 0.2) is 30.3 Å². The maximum absolute atomic E-state index is 12.0. The lowest BCUT2D eigenvalue weighted by molar-refractivity contribution is -0.123. The molecule has 1 aromatic rings. The minimum Gasteiger partial charge on any atom is -0.349 e. The molecule has 1 aliphatic carbocycles. The van der Waals surface area contributed by atoms with E-state index in [1.807, 2.05) is 37.3 Å². The van der Waals surface area contributed by atoms with E-state index in [1.54, 1.807) is 0 Å². The van der Waals surface area contributed by atoms with Gasteiger partial charge in [-0.2, -0.15) is 0 Å². The summed E-state index contributed by atoms with van der Waals surface area (Å²) in [6.45, 7) is 2.47. The second kappa shape index (κ2) is 4.26. The van der Waals surface area contributed by atoms with Gasteiger partial charge in [-0.05, 0) is 25.3 Å². The van der Waals surface area contributed by atoms with Gasteiger partial charge in [-0.3, -0.25) is 4.79 Å². The fourth-order valence-electron chi connectivity index (χ4n) is 1.79. The van der Waals surface area contributed by atoms with Crippen molar-refractivity contribution in [2.75, 3.05) is 6.54 Å².